The summed E-state index contributed by atoms with van der Waals surface area (Å²) in [7, 11) is 1.70. The number of rotatable bonds is 6. The Morgan fingerprint density at radius 3 is 2.34 bits per heavy atom. The minimum Gasteiger partial charge on any atom is -0.497 e. The fourth-order valence-electron chi connectivity index (χ4n) is 5.54. The van der Waals surface area contributed by atoms with E-state index in [2.05, 4.69) is 75.9 Å². The maximum absolute atomic E-state index is 6.28. The van der Waals surface area contributed by atoms with E-state index in [-0.39, 0.29) is 0 Å². The standard InChI is InChI=1S/C32H30ClN3OS/c1-3-21-7-15-25(16-8-21)34-31(38)30-29(23-9-13-24(33)14-10-23)27-6-4-5-19-35-28(20-36(30)32(27)35)22-11-17-26(37-2)18-12-22/h7-18,20H,3-6,19H2,1-2H3,(H,34,38). The lowest BCUT2D eigenvalue weighted by Gasteiger charge is -2.13. The zero-order valence-electron chi connectivity index (χ0n) is 21.6. The molecule has 0 saturated carbocycles. The fourth-order valence-corrected chi connectivity index (χ4v) is 5.99. The molecule has 4 nitrogen and oxygen atoms in total. The number of imidazole rings is 1. The number of aryl methyl sites for hydroxylation is 3. The Hall–Kier alpha value is -3.54. The molecule has 0 atom stereocenters. The molecule has 0 saturated heterocycles. The highest BCUT2D eigenvalue weighted by Crippen LogP contribution is 2.40. The minimum atomic E-state index is 0.708. The van der Waals surface area contributed by atoms with Crippen molar-refractivity contribution in [3.05, 3.63) is 101 Å². The number of methoxy groups -OCH3 is 1. The van der Waals surface area contributed by atoms with E-state index in [4.69, 9.17) is 28.6 Å². The number of ether oxygens (including phenoxy) is 1. The summed E-state index contributed by atoms with van der Waals surface area (Å²) < 4.78 is 10.2. The molecule has 192 valence electrons. The van der Waals surface area contributed by atoms with E-state index in [0.29, 0.717) is 4.99 Å². The van der Waals surface area contributed by atoms with Crippen molar-refractivity contribution in [3.8, 4) is 28.1 Å². The highest BCUT2D eigenvalue weighted by molar-refractivity contribution is 7.81. The average molecular weight is 540 g/mol. The summed E-state index contributed by atoms with van der Waals surface area (Å²) in [6, 6.07) is 25.0. The first-order valence-electron chi connectivity index (χ1n) is 13.1. The van der Waals surface area contributed by atoms with Crippen LogP contribution in [0.5, 0.6) is 5.75 Å². The van der Waals surface area contributed by atoms with E-state index in [1.807, 2.05) is 24.3 Å². The van der Waals surface area contributed by atoms with Crippen molar-refractivity contribution in [1.29, 1.82) is 0 Å². The third-order valence-electron chi connectivity index (χ3n) is 7.49. The van der Waals surface area contributed by atoms with Gasteiger partial charge in [0.1, 0.15) is 16.4 Å². The molecule has 0 bridgehead atoms. The van der Waals surface area contributed by atoms with Crippen LogP contribution in [0.25, 0.3) is 28.0 Å². The SMILES string of the molecule is CCc1ccc(NC(=S)c2c(-c3ccc(Cl)cc3)c3c4n(c(-c5ccc(OC)cc5)cn24)CCCC3)cc1. The first-order chi connectivity index (χ1) is 18.6. The number of hydrogen-bond donors (Lipinski definition) is 1. The molecular formula is C32H30ClN3OS. The Labute approximate surface area is 233 Å². The van der Waals surface area contributed by atoms with Crippen LogP contribution < -0.4 is 10.1 Å². The number of nitrogens with zero attached hydrogens (tertiary/aromatic N) is 2. The van der Waals surface area contributed by atoms with Gasteiger partial charge in [0.05, 0.1) is 18.5 Å². The molecule has 1 N–H and O–H groups in total. The molecule has 3 heterocycles. The van der Waals surface area contributed by atoms with Gasteiger partial charge in [-0.3, -0.25) is 4.40 Å². The van der Waals surface area contributed by atoms with Crippen LogP contribution in [-0.4, -0.2) is 21.1 Å². The Balaban J connectivity index is 1.56. The zero-order valence-corrected chi connectivity index (χ0v) is 23.2. The van der Waals surface area contributed by atoms with Gasteiger partial charge in [-0.2, -0.15) is 0 Å². The van der Waals surface area contributed by atoms with Crippen molar-refractivity contribution in [2.75, 3.05) is 12.4 Å². The van der Waals surface area contributed by atoms with Gasteiger partial charge in [-0.05, 0) is 90.9 Å². The van der Waals surface area contributed by atoms with E-state index in [0.717, 1.165) is 65.5 Å². The van der Waals surface area contributed by atoms with Crippen LogP contribution in [0.3, 0.4) is 0 Å². The second kappa shape index (κ2) is 10.3. The van der Waals surface area contributed by atoms with Gasteiger partial charge in [0.2, 0.25) is 0 Å². The quantitative estimate of drug-likeness (QED) is 0.220. The summed E-state index contributed by atoms with van der Waals surface area (Å²) in [6.07, 6.45) is 6.51. The Bertz CT molecular complexity index is 1610. The molecule has 0 aliphatic carbocycles. The van der Waals surface area contributed by atoms with Gasteiger partial charge in [0, 0.05) is 34.6 Å². The van der Waals surface area contributed by atoms with Crippen molar-refractivity contribution in [3.63, 3.8) is 0 Å². The molecule has 0 fully saturated rings. The van der Waals surface area contributed by atoms with Crippen LogP contribution in [0.4, 0.5) is 5.69 Å². The van der Waals surface area contributed by atoms with Crippen molar-refractivity contribution in [2.24, 2.45) is 0 Å². The number of nitrogens with one attached hydrogen (secondary N) is 1. The molecule has 1 aliphatic heterocycles. The summed E-state index contributed by atoms with van der Waals surface area (Å²) in [5.74, 6) is 0.855. The minimum absolute atomic E-state index is 0.708. The van der Waals surface area contributed by atoms with E-state index in [9.17, 15) is 0 Å². The number of hydrogen-bond acceptors (Lipinski definition) is 2. The van der Waals surface area contributed by atoms with Gasteiger partial charge in [-0.25, -0.2) is 0 Å². The number of thiocarbonyl (C=S) groups is 1. The predicted octanol–water partition coefficient (Wildman–Crippen LogP) is 8.42. The maximum atomic E-state index is 6.28. The molecule has 0 amide bonds. The molecule has 6 heteroatoms. The summed E-state index contributed by atoms with van der Waals surface area (Å²) in [5.41, 5.74) is 10.5. The van der Waals surface area contributed by atoms with Crippen LogP contribution in [-0.2, 0) is 19.4 Å². The van der Waals surface area contributed by atoms with Crippen molar-refractivity contribution in [1.82, 2.24) is 8.97 Å². The van der Waals surface area contributed by atoms with Crippen LogP contribution in [0, 0.1) is 0 Å². The monoisotopic (exact) mass is 539 g/mol. The molecule has 3 aromatic carbocycles. The first-order valence-corrected chi connectivity index (χ1v) is 13.9. The van der Waals surface area contributed by atoms with Crippen LogP contribution in [0.2, 0.25) is 5.02 Å². The lowest BCUT2D eigenvalue weighted by molar-refractivity contribution is 0.415. The van der Waals surface area contributed by atoms with Crippen molar-refractivity contribution >= 4 is 40.1 Å². The second-order valence-corrected chi connectivity index (χ2v) is 10.6. The van der Waals surface area contributed by atoms with Crippen molar-refractivity contribution < 1.29 is 4.74 Å². The van der Waals surface area contributed by atoms with Gasteiger partial charge in [0.15, 0.2) is 0 Å². The normalized spacial score (nSPS) is 12.9. The van der Waals surface area contributed by atoms with Gasteiger partial charge in [0.25, 0.3) is 0 Å². The van der Waals surface area contributed by atoms with E-state index in [1.165, 1.54) is 28.0 Å². The first kappa shape index (κ1) is 24.8. The fraction of sp³-hybridized carbons (Fsp3) is 0.219. The van der Waals surface area contributed by atoms with Gasteiger partial charge < -0.3 is 14.6 Å². The highest BCUT2D eigenvalue weighted by Gasteiger charge is 2.28. The summed E-state index contributed by atoms with van der Waals surface area (Å²) >= 11 is 12.4. The van der Waals surface area contributed by atoms with Gasteiger partial charge >= 0.3 is 0 Å². The molecular weight excluding hydrogens is 510 g/mol. The molecule has 6 rings (SSSR count). The lowest BCUT2D eigenvalue weighted by atomic mass is 9.98. The topological polar surface area (TPSA) is 30.6 Å². The van der Waals surface area contributed by atoms with Crippen LogP contribution in [0.15, 0.2) is 79.0 Å². The molecule has 5 aromatic rings. The number of halogens is 1. The van der Waals surface area contributed by atoms with E-state index >= 15 is 0 Å². The highest BCUT2D eigenvalue weighted by atomic mass is 35.5. The van der Waals surface area contributed by atoms with E-state index < -0.39 is 0 Å². The number of anilines is 1. The maximum Gasteiger partial charge on any atom is 0.128 e. The average Bonchev–Trinajstić information content (AvgIpc) is 3.37. The number of benzene rings is 3. The van der Waals surface area contributed by atoms with Gasteiger partial charge in [-0.1, -0.05) is 55.0 Å². The molecule has 2 aromatic heterocycles. The Kier molecular flexibility index (Phi) is 6.73. The van der Waals surface area contributed by atoms with E-state index in [1.54, 1.807) is 7.11 Å². The summed E-state index contributed by atoms with van der Waals surface area (Å²) in [5, 5.41) is 4.27. The summed E-state index contributed by atoms with van der Waals surface area (Å²) in [4.78, 5) is 0.708. The molecule has 1 aliphatic rings. The third-order valence-corrected chi connectivity index (χ3v) is 8.04. The van der Waals surface area contributed by atoms with Crippen LogP contribution >= 0.6 is 23.8 Å². The zero-order chi connectivity index (χ0) is 26.2. The summed E-state index contributed by atoms with van der Waals surface area (Å²) in [6.45, 7) is 3.13. The smallest absolute Gasteiger partial charge is 0.128 e. The Morgan fingerprint density at radius 1 is 0.947 bits per heavy atom. The second-order valence-electron chi connectivity index (χ2n) is 9.76. The van der Waals surface area contributed by atoms with Crippen molar-refractivity contribution in [2.45, 2.75) is 39.2 Å². The molecule has 0 unspecified atom stereocenters. The largest absolute Gasteiger partial charge is 0.497 e. The third kappa shape index (κ3) is 4.40. The number of aromatic nitrogens is 2. The van der Waals surface area contributed by atoms with Crippen LogP contribution in [0.1, 0.15) is 36.6 Å². The Morgan fingerprint density at radius 2 is 1.66 bits per heavy atom. The van der Waals surface area contributed by atoms with Gasteiger partial charge in [-0.15, -0.1) is 0 Å². The molecule has 38 heavy (non-hydrogen) atoms. The predicted molar refractivity (Wildman–Crippen MR) is 162 cm³/mol. The molecule has 0 spiro atoms. The lowest BCUT2D eigenvalue weighted by Crippen LogP contribution is -2.14. The molecule has 0 radical (unpaired) electrons.